The molecule has 2 heterocycles. The number of para-hydroxylation sites is 1. The number of piperidine rings is 1. The minimum Gasteiger partial charge on any atom is -0.338 e. The third-order valence-electron chi connectivity index (χ3n) is 3.97. The first-order chi connectivity index (χ1) is 10.8. The molecule has 1 saturated heterocycles. The van der Waals surface area contributed by atoms with Gasteiger partial charge in [-0.1, -0.05) is 18.2 Å². The van der Waals surface area contributed by atoms with Gasteiger partial charge >= 0.3 is 6.03 Å². The Labute approximate surface area is 130 Å². The molecule has 0 radical (unpaired) electrons. The number of carbonyl (C=O) groups is 1. The molecule has 0 unspecified atom stereocenters. The lowest BCUT2D eigenvalue weighted by molar-refractivity contribution is 0.186. The summed E-state index contributed by atoms with van der Waals surface area (Å²) in [6.45, 7) is 2.39. The van der Waals surface area contributed by atoms with Gasteiger partial charge in [0.1, 0.15) is 0 Å². The molecule has 1 fully saturated rings. The van der Waals surface area contributed by atoms with E-state index in [1.54, 1.807) is 0 Å². The van der Waals surface area contributed by atoms with Gasteiger partial charge < -0.3 is 10.2 Å². The fourth-order valence-corrected chi connectivity index (χ4v) is 2.73. The predicted octanol–water partition coefficient (Wildman–Crippen LogP) is 2.61. The molecule has 0 saturated carbocycles. The van der Waals surface area contributed by atoms with Crippen molar-refractivity contribution in [3.63, 3.8) is 0 Å². The number of nitrogens with zero attached hydrogens (tertiary/aromatic N) is 3. The van der Waals surface area contributed by atoms with E-state index in [0.29, 0.717) is 6.54 Å². The van der Waals surface area contributed by atoms with Gasteiger partial charge in [-0.15, -0.1) is 0 Å². The van der Waals surface area contributed by atoms with E-state index >= 15 is 0 Å². The first kappa shape index (κ1) is 14.6. The number of hydrogen-bond acceptors (Lipinski definition) is 2. The highest BCUT2D eigenvalue weighted by Gasteiger charge is 2.15. The van der Waals surface area contributed by atoms with Crippen molar-refractivity contribution < 1.29 is 4.79 Å². The molecule has 1 aliphatic heterocycles. The van der Waals surface area contributed by atoms with E-state index in [1.165, 1.54) is 6.42 Å². The van der Waals surface area contributed by atoms with E-state index in [4.69, 9.17) is 0 Å². The second kappa shape index (κ2) is 7.11. The Hall–Kier alpha value is -2.30. The molecule has 1 aromatic carbocycles. The lowest BCUT2D eigenvalue weighted by Crippen LogP contribution is -2.43. The third kappa shape index (κ3) is 3.67. The van der Waals surface area contributed by atoms with Gasteiger partial charge in [-0.05, 0) is 37.5 Å². The Bertz CT molecular complexity index is 602. The van der Waals surface area contributed by atoms with Crippen LogP contribution in [-0.4, -0.2) is 40.3 Å². The summed E-state index contributed by atoms with van der Waals surface area (Å²) < 4.78 is 1.86. The van der Waals surface area contributed by atoms with Gasteiger partial charge in [0.15, 0.2) is 0 Å². The van der Waals surface area contributed by atoms with Crippen molar-refractivity contribution in [2.45, 2.75) is 25.7 Å². The molecule has 2 aromatic rings. The minimum absolute atomic E-state index is 0.0576. The molecule has 1 N–H and O–H groups in total. The van der Waals surface area contributed by atoms with Crippen LogP contribution in [0, 0.1) is 0 Å². The molecule has 0 bridgehead atoms. The molecule has 0 aliphatic carbocycles. The number of benzene rings is 1. The van der Waals surface area contributed by atoms with Gasteiger partial charge in [0, 0.05) is 32.3 Å². The molecule has 1 aromatic heterocycles. The fourth-order valence-electron chi connectivity index (χ4n) is 2.73. The van der Waals surface area contributed by atoms with Gasteiger partial charge in [0.2, 0.25) is 0 Å². The summed E-state index contributed by atoms with van der Waals surface area (Å²) in [6.07, 6.45) is 6.18. The molecular formula is C17H22N4O. The number of nitrogens with one attached hydrogen (secondary N) is 1. The molecule has 3 rings (SSSR count). The summed E-state index contributed by atoms with van der Waals surface area (Å²) in [5, 5.41) is 7.53. The van der Waals surface area contributed by atoms with E-state index in [1.807, 2.05) is 52.2 Å². The highest BCUT2D eigenvalue weighted by molar-refractivity contribution is 5.74. The van der Waals surface area contributed by atoms with E-state index in [-0.39, 0.29) is 6.03 Å². The summed E-state index contributed by atoms with van der Waals surface area (Å²) in [5.41, 5.74) is 2.04. The molecule has 116 valence electrons. The number of carbonyl (C=O) groups excluding carboxylic acids is 1. The summed E-state index contributed by atoms with van der Waals surface area (Å²) >= 11 is 0. The fraction of sp³-hybridized carbons (Fsp3) is 0.412. The standard InChI is InChI=1S/C17H22N4O/c22-17(20-12-5-2-6-13-20)18-11-9-15-10-14-21(19-15)16-7-3-1-4-8-16/h1,3-4,7-8,10,14H,2,5-6,9,11-13H2,(H,18,22). The summed E-state index contributed by atoms with van der Waals surface area (Å²) in [7, 11) is 0. The highest BCUT2D eigenvalue weighted by Crippen LogP contribution is 2.09. The third-order valence-corrected chi connectivity index (χ3v) is 3.97. The number of hydrogen-bond donors (Lipinski definition) is 1. The van der Waals surface area contributed by atoms with Crippen LogP contribution in [0.4, 0.5) is 4.79 Å². The van der Waals surface area contributed by atoms with Crippen molar-refractivity contribution >= 4 is 6.03 Å². The maximum absolute atomic E-state index is 12.0. The average Bonchev–Trinajstić information content (AvgIpc) is 3.05. The SMILES string of the molecule is O=C(NCCc1ccn(-c2ccccc2)n1)N1CCCCC1. The van der Waals surface area contributed by atoms with Gasteiger partial charge in [0.25, 0.3) is 0 Å². The van der Waals surface area contributed by atoms with E-state index < -0.39 is 0 Å². The van der Waals surface area contributed by atoms with Crippen molar-refractivity contribution in [1.82, 2.24) is 20.0 Å². The molecule has 5 nitrogen and oxygen atoms in total. The second-order valence-electron chi connectivity index (χ2n) is 5.62. The Kier molecular flexibility index (Phi) is 4.73. The van der Waals surface area contributed by atoms with Crippen molar-refractivity contribution in [2.75, 3.05) is 19.6 Å². The number of likely N-dealkylation sites (tertiary alicyclic amines) is 1. The molecule has 5 heteroatoms. The average molecular weight is 298 g/mol. The number of rotatable bonds is 4. The van der Waals surface area contributed by atoms with Gasteiger partial charge in [-0.2, -0.15) is 5.10 Å². The maximum atomic E-state index is 12.0. The Balaban J connectivity index is 1.48. The molecule has 2 amide bonds. The van der Waals surface area contributed by atoms with Crippen LogP contribution in [0.2, 0.25) is 0 Å². The van der Waals surface area contributed by atoms with Gasteiger partial charge in [0.05, 0.1) is 11.4 Å². The number of urea groups is 1. The number of amides is 2. The molecule has 0 spiro atoms. The van der Waals surface area contributed by atoms with Crippen LogP contribution >= 0.6 is 0 Å². The zero-order valence-electron chi connectivity index (χ0n) is 12.7. The Morgan fingerprint density at radius 1 is 1.09 bits per heavy atom. The topological polar surface area (TPSA) is 50.2 Å². The largest absolute Gasteiger partial charge is 0.338 e. The van der Waals surface area contributed by atoms with Crippen LogP contribution in [0.15, 0.2) is 42.6 Å². The monoisotopic (exact) mass is 298 g/mol. The van der Waals surface area contributed by atoms with Gasteiger partial charge in [-0.25, -0.2) is 9.48 Å². The van der Waals surface area contributed by atoms with E-state index in [2.05, 4.69) is 10.4 Å². The van der Waals surface area contributed by atoms with Crippen LogP contribution in [0.25, 0.3) is 5.69 Å². The van der Waals surface area contributed by atoms with E-state index in [0.717, 1.165) is 43.7 Å². The van der Waals surface area contributed by atoms with Crippen LogP contribution < -0.4 is 5.32 Å². The van der Waals surface area contributed by atoms with Crippen molar-refractivity contribution in [1.29, 1.82) is 0 Å². The van der Waals surface area contributed by atoms with Crippen molar-refractivity contribution in [2.24, 2.45) is 0 Å². The first-order valence-electron chi connectivity index (χ1n) is 7.96. The van der Waals surface area contributed by atoms with Crippen molar-refractivity contribution in [3.05, 3.63) is 48.3 Å². The van der Waals surface area contributed by atoms with Crippen LogP contribution in [0.5, 0.6) is 0 Å². The Morgan fingerprint density at radius 3 is 2.64 bits per heavy atom. The van der Waals surface area contributed by atoms with Crippen LogP contribution in [-0.2, 0) is 6.42 Å². The maximum Gasteiger partial charge on any atom is 0.317 e. The number of aromatic nitrogens is 2. The van der Waals surface area contributed by atoms with Crippen LogP contribution in [0.1, 0.15) is 25.0 Å². The molecule has 0 atom stereocenters. The van der Waals surface area contributed by atoms with Crippen LogP contribution in [0.3, 0.4) is 0 Å². The lowest BCUT2D eigenvalue weighted by Gasteiger charge is -2.26. The summed E-state index contributed by atoms with van der Waals surface area (Å²) in [4.78, 5) is 13.9. The summed E-state index contributed by atoms with van der Waals surface area (Å²) in [6, 6.07) is 12.1. The normalized spacial score (nSPS) is 14.8. The predicted molar refractivity (Wildman–Crippen MR) is 86.1 cm³/mol. The van der Waals surface area contributed by atoms with Crippen molar-refractivity contribution in [3.8, 4) is 5.69 Å². The summed E-state index contributed by atoms with van der Waals surface area (Å²) in [5.74, 6) is 0. The molecule has 1 aliphatic rings. The van der Waals surface area contributed by atoms with E-state index in [9.17, 15) is 4.79 Å². The molecular weight excluding hydrogens is 276 g/mol. The molecule has 22 heavy (non-hydrogen) atoms. The zero-order valence-corrected chi connectivity index (χ0v) is 12.7. The smallest absolute Gasteiger partial charge is 0.317 e. The lowest BCUT2D eigenvalue weighted by atomic mass is 10.1. The Morgan fingerprint density at radius 2 is 1.86 bits per heavy atom. The highest BCUT2D eigenvalue weighted by atomic mass is 16.2. The first-order valence-corrected chi connectivity index (χ1v) is 7.96. The second-order valence-corrected chi connectivity index (χ2v) is 5.62. The minimum atomic E-state index is 0.0576. The zero-order chi connectivity index (χ0) is 15.2. The van der Waals surface area contributed by atoms with Gasteiger partial charge in [-0.3, -0.25) is 0 Å². The quantitative estimate of drug-likeness (QED) is 0.943.